The van der Waals surface area contributed by atoms with E-state index < -0.39 is 5.41 Å². The van der Waals surface area contributed by atoms with Gasteiger partial charge in [0.15, 0.2) is 5.82 Å². The fraction of sp³-hybridized carbons (Fsp3) is 0.541. The Morgan fingerprint density at radius 2 is 1.55 bits per heavy atom. The van der Waals surface area contributed by atoms with Crippen molar-refractivity contribution in [1.29, 1.82) is 5.26 Å². The molecule has 4 N–H and O–H groups in total. The number of likely N-dealkylation sites (tertiary alicyclic amines) is 1. The molecule has 1 aliphatic heterocycles. The van der Waals surface area contributed by atoms with Gasteiger partial charge in [0.25, 0.3) is 11.8 Å². The van der Waals surface area contributed by atoms with Crippen LogP contribution in [-0.2, 0) is 23.1 Å². The molecule has 2 heterocycles. The average Bonchev–Trinajstić information content (AvgIpc) is 3.49. The van der Waals surface area contributed by atoms with Crippen LogP contribution in [0.4, 0.5) is 0 Å². The van der Waals surface area contributed by atoms with Gasteiger partial charge in [0.2, 0.25) is 5.91 Å². The summed E-state index contributed by atoms with van der Waals surface area (Å²) in [5.74, 6) is 0.619. The van der Waals surface area contributed by atoms with Crippen LogP contribution in [0.25, 0.3) is 0 Å². The van der Waals surface area contributed by atoms with Gasteiger partial charge in [-0.25, -0.2) is 5.10 Å². The van der Waals surface area contributed by atoms with Crippen LogP contribution in [0.5, 0.6) is 0 Å². The molecule has 1 saturated heterocycles. The maximum absolute atomic E-state index is 13.4. The van der Waals surface area contributed by atoms with Crippen molar-refractivity contribution in [3.63, 3.8) is 0 Å². The van der Waals surface area contributed by atoms with Gasteiger partial charge >= 0.3 is 0 Å². The van der Waals surface area contributed by atoms with Crippen molar-refractivity contribution in [3.05, 3.63) is 75.6 Å². The van der Waals surface area contributed by atoms with Crippen LogP contribution in [0.3, 0.4) is 0 Å². The predicted molar refractivity (Wildman–Crippen MR) is 191 cm³/mol. The molecule has 1 aromatic heterocycles. The summed E-state index contributed by atoms with van der Waals surface area (Å²) in [6.45, 7) is 4.64. The van der Waals surface area contributed by atoms with Gasteiger partial charge in [-0.1, -0.05) is 12.1 Å². The minimum absolute atomic E-state index is 0.0645. The molecule has 2 aliphatic carbocycles. The number of nitrogens with zero attached hydrogens (tertiary/aromatic N) is 7. The third kappa shape index (κ3) is 7.66. The molecule has 0 bridgehead atoms. The topological polar surface area (TPSA) is 175 Å². The Morgan fingerprint density at radius 1 is 0.961 bits per heavy atom. The van der Waals surface area contributed by atoms with Crippen LogP contribution in [0.2, 0.25) is 0 Å². The van der Waals surface area contributed by atoms with Gasteiger partial charge in [0, 0.05) is 49.4 Å². The lowest BCUT2D eigenvalue weighted by atomic mass is 9.67. The zero-order valence-electron chi connectivity index (χ0n) is 30.2. The number of nitrogens with one attached hydrogen (secondary N) is 4. The number of carbonyl (C=O) groups is 3. The van der Waals surface area contributed by atoms with Gasteiger partial charge in [0.1, 0.15) is 6.04 Å². The molecule has 3 aromatic rings. The molecular formula is C37H49N11O3. The molecule has 4 atom stereocenters. The zero-order valence-corrected chi connectivity index (χ0v) is 30.2. The minimum atomic E-state index is -0.912. The highest BCUT2D eigenvalue weighted by atomic mass is 16.2. The Labute approximate surface area is 299 Å². The molecule has 3 aliphatic rings. The molecule has 6 rings (SSSR count). The van der Waals surface area contributed by atoms with E-state index in [2.05, 4.69) is 42.6 Å². The molecule has 3 amide bonds. The van der Waals surface area contributed by atoms with Crippen molar-refractivity contribution in [2.24, 2.45) is 5.92 Å². The Kier molecular flexibility index (Phi) is 10.8. The first-order valence-electron chi connectivity index (χ1n) is 17.8. The second-order valence-electron chi connectivity index (χ2n) is 14.7. The standard InChI is InChI=1S/C37H49N11O3/c1-23(41-22-33(49)48-29(21-38)18-28-19-32(28)48)20-37(36-42-44-45-43-36)30-10-8-26(34(50)39-12-14-46(2)3)16-24(30)6-7-25-17-27(9-11-31(25)37)35(51)40-13-15-47(4)5/h8-11,16-17,23,28-29,32,41H,6-7,12-15,18-20,22H2,1-5H3,(H,39,50)(H,40,51)(H,42,43,44,45)/t23-,28-,29?,32+/m1/s1. The van der Waals surface area contributed by atoms with Crippen LogP contribution in [0.15, 0.2) is 36.4 Å². The van der Waals surface area contributed by atoms with E-state index in [9.17, 15) is 19.6 Å². The lowest BCUT2D eigenvalue weighted by Crippen LogP contribution is -2.46. The molecule has 270 valence electrons. The van der Waals surface area contributed by atoms with E-state index in [4.69, 9.17) is 0 Å². The van der Waals surface area contributed by atoms with Crippen molar-refractivity contribution in [3.8, 4) is 6.07 Å². The van der Waals surface area contributed by atoms with Crippen LogP contribution in [0, 0.1) is 17.2 Å². The minimum Gasteiger partial charge on any atom is -0.351 e. The largest absolute Gasteiger partial charge is 0.351 e. The molecule has 1 unspecified atom stereocenters. The summed E-state index contributed by atoms with van der Waals surface area (Å²) >= 11 is 0. The number of aromatic amines is 1. The van der Waals surface area contributed by atoms with Gasteiger partial charge < -0.3 is 30.7 Å². The summed E-state index contributed by atoms with van der Waals surface area (Å²) in [5, 5.41) is 34.8. The van der Waals surface area contributed by atoms with Crippen molar-refractivity contribution in [2.75, 3.05) is 60.9 Å². The maximum Gasteiger partial charge on any atom is 0.251 e. The number of hydrogen-bond donors (Lipinski definition) is 4. The first-order valence-corrected chi connectivity index (χ1v) is 17.8. The molecule has 0 spiro atoms. The predicted octanol–water partition coefficient (Wildman–Crippen LogP) is 1.10. The van der Waals surface area contributed by atoms with E-state index in [1.165, 1.54) is 0 Å². The summed E-state index contributed by atoms with van der Waals surface area (Å²) in [4.78, 5) is 45.8. The summed E-state index contributed by atoms with van der Waals surface area (Å²) < 4.78 is 0. The van der Waals surface area contributed by atoms with Crippen LogP contribution < -0.4 is 16.0 Å². The smallest absolute Gasteiger partial charge is 0.251 e. The molecule has 2 aromatic carbocycles. The Balaban J connectivity index is 1.36. The Hall–Kier alpha value is -4.71. The van der Waals surface area contributed by atoms with E-state index in [1.54, 1.807) is 4.90 Å². The van der Waals surface area contributed by atoms with Crippen LogP contribution in [-0.4, -0.2) is 132 Å². The number of tetrazole rings is 1. The highest BCUT2D eigenvalue weighted by molar-refractivity contribution is 5.95. The normalized spacial score (nSPS) is 20.5. The number of benzene rings is 2. The van der Waals surface area contributed by atoms with Gasteiger partial charge in [-0.15, -0.1) is 5.10 Å². The number of likely N-dealkylation sites (N-methyl/N-ethyl adjacent to an activating group) is 2. The maximum atomic E-state index is 13.4. The molecular weight excluding hydrogens is 646 g/mol. The third-order valence-corrected chi connectivity index (χ3v) is 10.5. The quantitative estimate of drug-likeness (QED) is 0.191. The van der Waals surface area contributed by atoms with Crippen molar-refractivity contribution in [2.45, 2.75) is 62.6 Å². The van der Waals surface area contributed by atoms with Crippen LogP contribution >= 0.6 is 0 Å². The van der Waals surface area contributed by atoms with Gasteiger partial charge in [-0.05, 0) is 130 Å². The van der Waals surface area contributed by atoms with Crippen molar-refractivity contribution < 1.29 is 14.4 Å². The Morgan fingerprint density at radius 3 is 2.06 bits per heavy atom. The van der Waals surface area contributed by atoms with Gasteiger partial charge in [-0.2, -0.15) is 5.26 Å². The monoisotopic (exact) mass is 695 g/mol. The second-order valence-corrected chi connectivity index (χ2v) is 14.7. The first-order chi connectivity index (χ1) is 24.5. The van der Waals surface area contributed by atoms with E-state index in [1.807, 2.05) is 81.3 Å². The molecule has 2 fully saturated rings. The number of H-pyrrole nitrogens is 1. The fourth-order valence-electron chi connectivity index (χ4n) is 7.85. The van der Waals surface area contributed by atoms with Gasteiger partial charge in [-0.3, -0.25) is 14.4 Å². The van der Waals surface area contributed by atoms with E-state index in [0.717, 1.165) is 48.2 Å². The number of amides is 3. The molecule has 14 nitrogen and oxygen atoms in total. The number of aromatic nitrogens is 4. The number of nitriles is 1. The SMILES string of the molecule is C[C@H](CC1(c2nnn[nH]2)c2ccc(C(=O)NCCN(C)C)cc2CCc2cc(C(=O)NCCN(C)C)ccc21)NCC(=O)N1C(C#N)C[C@@H]2C[C@@H]21. The summed E-state index contributed by atoms with van der Waals surface area (Å²) in [5.41, 5.74) is 4.10. The third-order valence-electron chi connectivity index (χ3n) is 10.5. The first kappa shape index (κ1) is 36.1. The van der Waals surface area contributed by atoms with Crippen molar-refractivity contribution in [1.82, 2.24) is 51.3 Å². The molecule has 51 heavy (non-hydrogen) atoms. The summed E-state index contributed by atoms with van der Waals surface area (Å²) in [6.07, 6.45) is 3.45. The van der Waals surface area contributed by atoms with Gasteiger partial charge in [0.05, 0.1) is 18.0 Å². The lowest BCUT2D eigenvalue weighted by molar-refractivity contribution is -0.131. The summed E-state index contributed by atoms with van der Waals surface area (Å²) in [6, 6.07) is 13.5. The number of carbonyl (C=O) groups excluding carboxylic acids is 3. The molecule has 0 radical (unpaired) electrons. The zero-order chi connectivity index (χ0) is 36.3. The average molecular weight is 696 g/mol. The van der Waals surface area contributed by atoms with Crippen LogP contribution in [0.1, 0.15) is 75.0 Å². The molecule has 1 saturated carbocycles. The highest BCUT2D eigenvalue weighted by Crippen LogP contribution is 2.48. The van der Waals surface area contributed by atoms with E-state index >= 15 is 0 Å². The fourth-order valence-corrected chi connectivity index (χ4v) is 7.85. The number of fused-ring (bicyclic) bond motifs is 3. The number of hydrogen-bond acceptors (Lipinski definition) is 10. The highest BCUT2D eigenvalue weighted by Gasteiger charge is 2.54. The second kappa shape index (κ2) is 15.3. The summed E-state index contributed by atoms with van der Waals surface area (Å²) in [7, 11) is 7.86. The lowest BCUT2D eigenvalue weighted by Gasteiger charge is -2.37. The number of aryl methyl sites for hydroxylation is 2. The Bertz CT molecular complexity index is 1710. The van der Waals surface area contributed by atoms with E-state index in [-0.39, 0.29) is 42.4 Å². The number of rotatable bonds is 14. The molecule has 14 heteroatoms. The number of piperidine rings is 1. The van der Waals surface area contributed by atoms with E-state index in [0.29, 0.717) is 55.2 Å². The van der Waals surface area contributed by atoms with Crippen molar-refractivity contribution >= 4 is 17.7 Å².